The summed E-state index contributed by atoms with van der Waals surface area (Å²) in [6, 6.07) is 0. The Morgan fingerprint density at radius 2 is 1.80 bits per heavy atom. The van der Waals surface area contributed by atoms with E-state index in [0.717, 1.165) is 0 Å². The van der Waals surface area contributed by atoms with Crippen molar-refractivity contribution in [3.05, 3.63) is 0 Å². The molecule has 0 amide bonds. The van der Waals surface area contributed by atoms with Gasteiger partial charge in [-0.05, 0) is 12.8 Å². The van der Waals surface area contributed by atoms with Crippen molar-refractivity contribution in [3.63, 3.8) is 0 Å². The van der Waals surface area contributed by atoms with Gasteiger partial charge in [-0.15, -0.1) is 12.4 Å². The number of carboxylic acid groups (broad SMARTS) is 1. The summed E-state index contributed by atoms with van der Waals surface area (Å²) >= 11 is 0. The molecule has 0 aromatic rings. The van der Waals surface area contributed by atoms with Crippen LogP contribution in [0.25, 0.3) is 0 Å². The Kier molecular flexibility index (Phi) is 5.61. The van der Waals surface area contributed by atoms with E-state index >= 15 is 0 Å². The number of nitrogens with two attached hydrogens (primary N) is 1. The van der Waals surface area contributed by atoms with Gasteiger partial charge in [0.25, 0.3) is 0 Å². The van der Waals surface area contributed by atoms with E-state index < -0.39 is 11.5 Å². The maximum atomic E-state index is 10.4. The molecule has 3 N–H and O–H groups in total. The zero-order valence-corrected chi connectivity index (χ0v) is 7.07. The van der Waals surface area contributed by atoms with Crippen molar-refractivity contribution in [1.82, 2.24) is 0 Å². The van der Waals surface area contributed by atoms with Gasteiger partial charge in [-0.1, -0.05) is 13.8 Å². The van der Waals surface area contributed by atoms with Crippen molar-refractivity contribution in [2.45, 2.75) is 32.2 Å². The lowest BCUT2D eigenvalue weighted by molar-refractivity contribution is -0.143. The third-order valence-corrected chi connectivity index (χ3v) is 1.69. The molecule has 0 fully saturated rings. The summed E-state index contributed by atoms with van der Waals surface area (Å²) in [7, 11) is 0. The molecule has 0 aliphatic carbocycles. The van der Waals surface area contributed by atoms with Crippen molar-refractivity contribution in [1.29, 1.82) is 0 Å². The molecule has 0 rings (SSSR count). The molecular formula is C6H14ClNO2. The number of carbonyl (C=O) groups is 1. The van der Waals surface area contributed by atoms with Gasteiger partial charge < -0.3 is 10.8 Å². The fraction of sp³-hybridized carbons (Fsp3) is 0.833. The molecule has 4 heteroatoms. The third-order valence-electron chi connectivity index (χ3n) is 1.69. The molecule has 3 nitrogen and oxygen atoms in total. The summed E-state index contributed by atoms with van der Waals surface area (Å²) in [6.45, 7) is 3.55. The molecule has 0 heterocycles. The van der Waals surface area contributed by atoms with E-state index in [-0.39, 0.29) is 12.4 Å². The van der Waals surface area contributed by atoms with Crippen molar-refractivity contribution < 1.29 is 9.90 Å². The van der Waals surface area contributed by atoms with E-state index in [1.54, 1.807) is 13.8 Å². The van der Waals surface area contributed by atoms with Crippen LogP contribution in [0.5, 0.6) is 0 Å². The minimum absolute atomic E-state index is 0. The maximum Gasteiger partial charge on any atom is 0.323 e. The van der Waals surface area contributed by atoms with Crippen LogP contribution >= 0.6 is 12.4 Å². The topological polar surface area (TPSA) is 63.3 Å². The smallest absolute Gasteiger partial charge is 0.323 e. The summed E-state index contributed by atoms with van der Waals surface area (Å²) in [5.41, 5.74) is 4.44. The lowest BCUT2D eigenvalue weighted by atomic mass is 9.95. The van der Waals surface area contributed by atoms with Crippen LogP contribution in [-0.4, -0.2) is 16.6 Å². The van der Waals surface area contributed by atoms with Crippen LogP contribution in [0.4, 0.5) is 0 Å². The van der Waals surface area contributed by atoms with Crippen LogP contribution in [0.3, 0.4) is 0 Å². The molecule has 0 spiro atoms. The molecule has 10 heavy (non-hydrogen) atoms. The lowest BCUT2D eigenvalue weighted by Crippen LogP contribution is -2.46. The number of carboxylic acids is 1. The minimum atomic E-state index is -1.00. The van der Waals surface area contributed by atoms with Crippen molar-refractivity contribution in [3.8, 4) is 0 Å². The first-order valence-corrected chi connectivity index (χ1v) is 3.09. The van der Waals surface area contributed by atoms with Crippen LogP contribution in [0.2, 0.25) is 0 Å². The monoisotopic (exact) mass is 167 g/mol. The largest absolute Gasteiger partial charge is 0.480 e. The standard InChI is InChI=1S/C6H13NO2.ClH/c1-3-6(7,4-2)5(8)9;/h3-4,7H2,1-2H3,(H,8,9);1H. The molecule has 62 valence electrons. The average molecular weight is 168 g/mol. The predicted molar refractivity (Wildman–Crippen MR) is 42.4 cm³/mol. The van der Waals surface area contributed by atoms with Crippen LogP contribution in [-0.2, 0) is 4.79 Å². The minimum Gasteiger partial charge on any atom is -0.480 e. The summed E-state index contributed by atoms with van der Waals surface area (Å²) in [5.74, 6) is -0.910. The summed E-state index contributed by atoms with van der Waals surface area (Å²) < 4.78 is 0. The number of rotatable bonds is 3. The van der Waals surface area contributed by atoms with Crippen LogP contribution in [0.1, 0.15) is 26.7 Å². The Hall–Kier alpha value is -0.280. The van der Waals surface area contributed by atoms with Gasteiger partial charge in [-0.25, -0.2) is 0 Å². The molecule has 0 aromatic carbocycles. The van der Waals surface area contributed by atoms with Crippen LogP contribution < -0.4 is 5.73 Å². The van der Waals surface area contributed by atoms with E-state index in [1.807, 2.05) is 0 Å². The quantitative estimate of drug-likeness (QED) is 0.660. The number of hydrogen-bond donors (Lipinski definition) is 2. The number of halogens is 1. The second-order valence-corrected chi connectivity index (χ2v) is 2.17. The van der Waals surface area contributed by atoms with Gasteiger partial charge in [0, 0.05) is 0 Å². The van der Waals surface area contributed by atoms with Gasteiger partial charge in [0.05, 0.1) is 0 Å². The van der Waals surface area contributed by atoms with Crippen molar-refractivity contribution >= 4 is 18.4 Å². The molecule has 0 radical (unpaired) electrons. The SMILES string of the molecule is CCC(N)(CC)C(=O)O.Cl. The summed E-state index contributed by atoms with van der Waals surface area (Å²) in [6.07, 6.45) is 0.970. The Labute approximate surface area is 67.0 Å². The van der Waals surface area contributed by atoms with E-state index in [0.29, 0.717) is 12.8 Å². The van der Waals surface area contributed by atoms with Gasteiger partial charge in [0.15, 0.2) is 0 Å². The first-order chi connectivity index (χ1) is 4.06. The number of hydrogen-bond acceptors (Lipinski definition) is 2. The molecule has 0 atom stereocenters. The molecule has 0 bridgehead atoms. The second kappa shape index (κ2) is 4.52. The predicted octanol–water partition coefficient (Wildman–Crippen LogP) is 1.01. The first-order valence-electron chi connectivity index (χ1n) is 3.09. The highest BCUT2D eigenvalue weighted by Gasteiger charge is 2.28. The van der Waals surface area contributed by atoms with Gasteiger partial charge in [0.2, 0.25) is 0 Å². The maximum absolute atomic E-state index is 10.4. The van der Waals surface area contributed by atoms with Gasteiger partial charge in [-0.2, -0.15) is 0 Å². The Morgan fingerprint density at radius 1 is 1.50 bits per heavy atom. The molecule has 0 saturated carbocycles. The van der Waals surface area contributed by atoms with E-state index in [1.165, 1.54) is 0 Å². The second-order valence-electron chi connectivity index (χ2n) is 2.17. The molecule has 0 aliphatic rings. The highest BCUT2D eigenvalue weighted by molar-refractivity contribution is 5.85. The molecule has 0 saturated heterocycles. The Morgan fingerprint density at radius 3 is 1.80 bits per heavy atom. The highest BCUT2D eigenvalue weighted by atomic mass is 35.5. The Balaban J connectivity index is 0. The molecular weight excluding hydrogens is 154 g/mol. The summed E-state index contributed by atoms with van der Waals surface area (Å²) in [5, 5.41) is 8.51. The van der Waals surface area contributed by atoms with Gasteiger partial charge in [-0.3, -0.25) is 4.79 Å². The number of aliphatic carboxylic acids is 1. The summed E-state index contributed by atoms with van der Waals surface area (Å²) in [4.78, 5) is 10.4. The third kappa shape index (κ3) is 2.54. The zero-order valence-electron chi connectivity index (χ0n) is 6.26. The van der Waals surface area contributed by atoms with Gasteiger partial charge in [0.1, 0.15) is 5.54 Å². The molecule has 0 unspecified atom stereocenters. The molecule has 0 aromatic heterocycles. The Bertz CT molecular complexity index is 112. The highest BCUT2D eigenvalue weighted by Crippen LogP contribution is 2.09. The van der Waals surface area contributed by atoms with E-state index in [9.17, 15) is 4.79 Å². The fourth-order valence-corrected chi connectivity index (χ4v) is 0.552. The van der Waals surface area contributed by atoms with Crippen LogP contribution in [0.15, 0.2) is 0 Å². The normalized spacial score (nSPS) is 10.3. The first kappa shape index (κ1) is 12.4. The van der Waals surface area contributed by atoms with Gasteiger partial charge >= 0.3 is 5.97 Å². The lowest BCUT2D eigenvalue weighted by Gasteiger charge is -2.19. The van der Waals surface area contributed by atoms with Crippen molar-refractivity contribution in [2.24, 2.45) is 5.73 Å². The van der Waals surface area contributed by atoms with E-state index in [4.69, 9.17) is 10.8 Å². The molecule has 0 aliphatic heterocycles. The van der Waals surface area contributed by atoms with Crippen LogP contribution in [0, 0.1) is 0 Å². The van der Waals surface area contributed by atoms with E-state index in [2.05, 4.69) is 0 Å². The fourth-order valence-electron chi connectivity index (χ4n) is 0.552. The average Bonchev–Trinajstić information content (AvgIpc) is 1.86. The van der Waals surface area contributed by atoms with Crippen molar-refractivity contribution in [2.75, 3.05) is 0 Å². The zero-order chi connectivity index (χ0) is 7.49.